The van der Waals surface area contributed by atoms with E-state index in [0.717, 1.165) is 11.7 Å². The number of anilines is 2. The number of allylic oxidation sites excluding steroid dienone is 1. The zero-order chi connectivity index (χ0) is 29.2. The zero-order valence-corrected chi connectivity index (χ0v) is 24.3. The van der Waals surface area contributed by atoms with Gasteiger partial charge in [-0.25, -0.2) is 0 Å². The Balaban J connectivity index is 1.38. The molecule has 8 nitrogen and oxygen atoms in total. The molecule has 7 rings (SSSR count). The molecule has 216 valence electrons. The number of carbonyl (C=O) groups excluding carboxylic acids is 3. The van der Waals surface area contributed by atoms with Gasteiger partial charge in [0.1, 0.15) is 0 Å². The molecule has 0 bridgehead atoms. The SMILES string of the molecule is O=C1[C@@H](N(C(=O)[C@@H]2CCC(=O)N2c2ccncn2)c2cccc(F)c2)c2ccccc2I2CC=C2N1C1CC(F)(F)C1. The molecule has 3 aliphatic heterocycles. The van der Waals surface area contributed by atoms with Crippen LogP contribution < -0.4 is 9.80 Å². The van der Waals surface area contributed by atoms with Crippen molar-refractivity contribution in [3.05, 3.63) is 91.9 Å². The first-order valence-electron chi connectivity index (χ1n) is 13.6. The molecule has 0 radical (unpaired) electrons. The first-order valence-corrected chi connectivity index (χ1v) is 17.2. The van der Waals surface area contributed by atoms with Crippen LogP contribution in [0.4, 0.5) is 24.7 Å². The van der Waals surface area contributed by atoms with Crippen LogP contribution in [-0.4, -0.2) is 55.0 Å². The second-order valence-electron chi connectivity index (χ2n) is 10.7. The van der Waals surface area contributed by atoms with Crippen LogP contribution in [0.2, 0.25) is 0 Å². The number of halogens is 4. The fourth-order valence-electron chi connectivity index (χ4n) is 6.13. The number of hydrogen-bond donors (Lipinski definition) is 0. The number of benzene rings is 2. The molecular formula is C30H25F3IN5O3. The van der Waals surface area contributed by atoms with E-state index in [-0.39, 0.29) is 30.3 Å². The molecule has 3 amide bonds. The van der Waals surface area contributed by atoms with Crippen LogP contribution in [0.3, 0.4) is 0 Å². The van der Waals surface area contributed by atoms with Gasteiger partial charge in [0.05, 0.1) is 0 Å². The van der Waals surface area contributed by atoms with Crippen LogP contribution in [0.1, 0.15) is 37.3 Å². The van der Waals surface area contributed by atoms with Crippen LogP contribution >= 0.6 is 19.8 Å². The molecule has 42 heavy (non-hydrogen) atoms. The van der Waals surface area contributed by atoms with Crippen molar-refractivity contribution in [3.8, 4) is 0 Å². The van der Waals surface area contributed by atoms with Crippen LogP contribution in [0, 0.1) is 9.39 Å². The minimum atomic E-state index is -2.86. The van der Waals surface area contributed by atoms with E-state index in [9.17, 15) is 27.6 Å². The summed E-state index contributed by atoms with van der Waals surface area (Å²) in [6.45, 7) is 0. The van der Waals surface area contributed by atoms with Gasteiger partial charge >= 0.3 is 247 Å². The molecule has 1 saturated heterocycles. The Morgan fingerprint density at radius 2 is 1.86 bits per heavy atom. The molecule has 1 aliphatic carbocycles. The Kier molecular flexibility index (Phi) is 6.55. The van der Waals surface area contributed by atoms with Gasteiger partial charge in [-0.05, 0) is 0 Å². The Labute approximate surface area is 246 Å². The number of fused-ring (bicyclic) bond motifs is 3. The molecule has 2 aromatic carbocycles. The van der Waals surface area contributed by atoms with E-state index in [0.29, 0.717) is 5.56 Å². The number of amides is 3. The molecule has 0 N–H and O–H groups in total. The molecule has 4 aliphatic rings. The Hall–Kier alpha value is -3.81. The normalized spacial score (nSPS) is 23.8. The van der Waals surface area contributed by atoms with E-state index in [1.165, 1.54) is 51.5 Å². The molecule has 2 atom stereocenters. The third-order valence-corrected chi connectivity index (χ3v) is 14.1. The number of carbonyl (C=O) groups is 3. The molecule has 0 spiro atoms. The van der Waals surface area contributed by atoms with Crippen LogP contribution in [0.5, 0.6) is 0 Å². The summed E-state index contributed by atoms with van der Waals surface area (Å²) in [4.78, 5) is 54.5. The van der Waals surface area contributed by atoms with Crippen molar-refractivity contribution in [1.82, 2.24) is 14.9 Å². The van der Waals surface area contributed by atoms with Crippen molar-refractivity contribution >= 4 is 49.0 Å². The van der Waals surface area contributed by atoms with E-state index >= 15 is 0 Å². The average molecular weight is 687 g/mol. The van der Waals surface area contributed by atoms with Gasteiger partial charge in [-0.2, -0.15) is 0 Å². The van der Waals surface area contributed by atoms with Crippen molar-refractivity contribution in [1.29, 1.82) is 0 Å². The van der Waals surface area contributed by atoms with Gasteiger partial charge in [-0.1, -0.05) is 0 Å². The van der Waals surface area contributed by atoms with Crippen molar-refractivity contribution < 1.29 is 27.6 Å². The van der Waals surface area contributed by atoms with Gasteiger partial charge in [-0.15, -0.1) is 0 Å². The Morgan fingerprint density at radius 3 is 2.55 bits per heavy atom. The summed E-state index contributed by atoms with van der Waals surface area (Å²) in [7, 11) is 0. The minimum absolute atomic E-state index is 0.0820. The second kappa shape index (κ2) is 10.2. The molecule has 0 unspecified atom stereocenters. The van der Waals surface area contributed by atoms with E-state index in [2.05, 4.69) is 9.97 Å². The third-order valence-electron chi connectivity index (χ3n) is 8.11. The summed E-state index contributed by atoms with van der Waals surface area (Å²) in [5.41, 5.74) is 0.753. The predicted molar refractivity (Wildman–Crippen MR) is 156 cm³/mol. The first-order chi connectivity index (χ1) is 20.2. The number of nitrogens with zero attached hydrogens (tertiary/aromatic N) is 5. The van der Waals surface area contributed by atoms with Crippen molar-refractivity contribution in [2.24, 2.45) is 0 Å². The topological polar surface area (TPSA) is 86.7 Å². The van der Waals surface area contributed by atoms with Crippen molar-refractivity contribution in [2.45, 2.75) is 49.7 Å². The fraction of sp³-hybridized carbons (Fsp3) is 0.300. The third kappa shape index (κ3) is 4.38. The van der Waals surface area contributed by atoms with Gasteiger partial charge < -0.3 is 0 Å². The maximum atomic E-state index is 14.7. The molecular weight excluding hydrogens is 662 g/mol. The van der Waals surface area contributed by atoms with Gasteiger partial charge in [-0.3, -0.25) is 0 Å². The molecule has 1 aromatic heterocycles. The molecule has 12 heteroatoms. The molecule has 2 fully saturated rings. The monoisotopic (exact) mass is 687 g/mol. The van der Waals surface area contributed by atoms with E-state index in [1.807, 2.05) is 18.2 Å². The number of rotatable bonds is 5. The maximum absolute atomic E-state index is 14.7. The zero-order valence-electron chi connectivity index (χ0n) is 22.2. The first kappa shape index (κ1) is 27.0. The van der Waals surface area contributed by atoms with E-state index in [1.54, 1.807) is 18.2 Å². The number of alkyl halides is 3. The van der Waals surface area contributed by atoms with Crippen molar-refractivity contribution in [3.63, 3.8) is 0 Å². The Morgan fingerprint density at radius 1 is 1.05 bits per heavy atom. The van der Waals surface area contributed by atoms with Gasteiger partial charge in [0.15, 0.2) is 0 Å². The van der Waals surface area contributed by atoms with Gasteiger partial charge in [0.2, 0.25) is 0 Å². The number of hydrogen-bond acceptors (Lipinski definition) is 5. The summed E-state index contributed by atoms with van der Waals surface area (Å²) in [5, 5.41) is 0. The fourth-order valence-corrected chi connectivity index (χ4v) is 11.6. The molecule has 4 heterocycles. The van der Waals surface area contributed by atoms with Crippen LogP contribution in [-0.2, 0) is 14.4 Å². The van der Waals surface area contributed by atoms with Crippen LogP contribution in [0.15, 0.2) is 76.9 Å². The van der Waals surface area contributed by atoms with Gasteiger partial charge in [0.25, 0.3) is 0 Å². The number of aromatic nitrogens is 2. The summed E-state index contributed by atoms with van der Waals surface area (Å²) in [5.74, 6) is -4.61. The summed E-state index contributed by atoms with van der Waals surface area (Å²) in [6.07, 6.45) is 4.03. The summed E-state index contributed by atoms with van der Waals surface area (Å²) in [6, 6.07) is 11.4. The van der Waals surface area contributed by atoms with Crippen LogP contribution in [0.25, 0.3) is 0 Å². The van der Waals surface area contributed by atoms with Crippen molar-refractivity contribution in [2.75, 3.05) is 14.2 Å². The average Bonchev–Trinajstić information content (AvgIpc) is 3.31. The van der Waals surface area contributed by atoms with E-state index in [4.69, 9.17) is 0 Å². The molecule has 1 saturated carbocycles. The standard InChI is InChI=1S/C30H25F3IN5O3/c31-18-4-3-5-19(14-18)38(28(41)23-8-9-26(40)39(23)25-11-13-35-17-36-25)27-21-6-1-2-7-22(21)34-12-10-24(34)37(29(27)42)20-15-30(32,33)16-20/h1-7,10-11,13-14,17,20,23,27H,8-9,12,15-16H2/t23-,27-/m0/s1. The van der Waals surface area contributed by atoms with Gasteiger partial charge in [0, 0.05) is 0 Å². The summed E-state index contributed by atoms with van der Waals surface area (Å²) >= 11 is -2.13. The Bertz CT molecular complexity index is 1630. The molecule has 3 aromatic rings. The van der Waals surface area contributed by atoms with E-state index < -0.39 is 74.3 Å². The predicted octanol–water partition coefficient (Wildman–Crippen LogP) is 5.06. The summed E-state index contributed by atoms with van der Waals surface area (Å²) < 4.78 is 45.5. The quantitative estimate of drug-likeness (QED) is 0.213. The second-order valence-corrected chi connectivity index (χ2v) is 15.9.